The molecule has 0 unspecified atom stereocenters. The number of carbonyl (C=O) groups is 1. The van der Waals surface area contributed by atoms with Gasteiger partial charge in [-0.15, -0.1) is 0 Å². The van der Waals surface area contributed by atoms with E-state index in [9.17, 15) is 4.79 Å². The molecule has 0 radical (unpaired) electrons. The predicted octanol–water partition coefficient (Wildman–Crippen LogP) is 4.96. The number of carbonyl (C=O) groups excluding carboxylic acids is 1. The molecule has 4 aromatic rings. The van der Waals surface area contributed by atoms with Crippen LogP contribution in [-0.2, 0) is 11.9 Å². The average molecular weight is 490 g/mol. The summed E-state index contributed by atoms with van der Waals surface area (Å²) in [4.78, 5) is 18.1. The van der Waals surface area contributed by atoms with Crippen molar-refractivity contribution in [2.24, 2.45) is 0 Å². The third kappa shape index (κ3) is 6.08. The van der Waals surface area contributed by atoms with Gasteiger partial charge in [-0.1, -0.05) is 0 Å². The SMILES string of the molecule is O=C(c1ccccc1[Se]Cc1ccccc1)N(Cc1ccccc1)Sc1ccccn1. The summed E-state index contributed by atoms with van der Waals surface area (Å²) in [5.74, 6) is 0.0186. The first kappa shape index (κ1) is 21.4. The normalized spacial score (nSPS) is 10.6. The van der Waals surface area contributed by atoms with Gasteiger partial charge >= 0.3 is 194 Å². The molecule has 0 aliphatic rings. The average Bonchev–Trinajstić information content (AvgIpc) is 2.84. The van der Waals surface area contributed by atoms with Crippen LogP contribution in [0.25, 0.3) is 0 Å². The van der Waals surface area contributed by atoms with Gasteiger partial charge in [0.15, 0.2) is 0 Å². The Balaban J connectivity index is 1.58. The maximum atomic E-state index is 13.7. The van der Waals surface area contributed by atoms with E-state index >= 15 is 0 Å². The number of nitrogens with zero attached hydrogens (tertiary/aromatic N) is 2. The summed E-state index contributed by atoms with van der Waals surface area (Å²) in [5.41, 5.74) is 3.16. The van der Waals surface area contributed by atoms with Crippen LogP contribution in [0.5, 0.6) is 0 Å². The molecule has 4 rings (SSSR count). The van der Waals surface area contributed by atoms with Crippen LogP contribution in [0.2, 0.25) is 0 Å². The van der Waals surface area contributed by atoms with Crippen molar-refractivity contribution in [2.45, 2.75) is 16.9 Å². The molecule has 1 heterocycles. The molecule has 0 saturated carbocycles. The van der Waals surface area contributed by atoms with E-state index in [-0.39, 0.29) is 20.9 Å². The van der Waals surface area contributed by atoms with Crippen LogP contribution in [0.15, 0.2) is 114 Å². The summed E-state index contributed by atoms with van der Waals surface area (Å²) in [5, 5.41) is 1.77. The Hall–Kier alpha value is -2.85. The molecule has 31 heavy (non-hydrogen) atoms. The molecular formula is C26H22N2OSSe. The molecule has 3 aromatic carbocycles. The molecule has 0 N–H and O–H groups in total. The molecule has 3 nitrogen and oxygen atoms in total. The van der Waals surface area contributed by atoms with Crippen LogP contribution in [0.3, 0.4) is 0 Å². The van der Waals surface area contributed by atoms with Crippen LogP contribution < -0.4 is 4.46 Å². The second-order valence-corrected chi connectivity index (χ2v) is 10.0. The number of aromatic nitrogens is 1. The number of amides is 1. The minimum atomic E-state index is 0.0186. The molecule has 0 spiro atoms. The van der Waals surface area contributed by atoms with Gasteiger partial charge in [0.2, 0.25) is 0 Å². The van der Waals surface area contributed by atoms with Gasteiger partial charge in [0.05, 0.1) is 0 Å². The number of hydrogen-bond donors (Lipinski definition) is 0. The van der Waals surface area contributed by atoms with Crippen molar-refractivity contribution >= 4 is 37.3 Å². The zero-order valence-electron chi connectivity index (χ0n) is 16.9. The quantitative estimate of drug-likeness (QED) is 0.259. The van der Waals surface area contributed by atoms with Gasteiger partial charge < -0.3 is 0 Å². The molecule has 5 heteroatoms. The van der Waals surface area contributed by atoms with Crippen molar-refractivity contribution in [1.82, 2.24) is 9.29 Å². The van der Waals surface area contributed by atoms with Gasteiger partial charge in [-0.25, -0.2) is 0 Å². The molecule has 0 aliphatic heterocycles. The van der Waals surface area contributed by atoms with Crippen molar-refractivity contribution < 1.29 is 4.79 Å². The van der Waals surface area contributed by atoms with Crippen molar-refractivity contribution in [3.8, 4) is 0 Å². The predicted molar refractivity (Wildman–Crippen MR) is 128 cm³/mol. The molecule has 1 aromatic heterocycles. The van der Waals surface area contributed by atoms with Crippen LogP contribution in [0.4, 0.5) is 0 Å². The zero-order chi connectivity index (χ0) is 21.3. The van der Waals surface area contributed by atoms with Crippen LogP contribution in [0.1, 0.15) is 21.5 Å². The van der Waals surface area contributed by atoms with Crippen molar-refractivity contribution in [3.63, 3.8) is 0 Å². The fourth-order valence-corrected chi connectivity index (χ4v) is 6.01. The van der Waals surface area contributed by atoms with Crippen LogP contribution in [-0.4, -0.2) is 30.2 Å². The molecule has 1 amide bonds. The summed E-state index contributed by atoms with van der Waals surface area (Å²) in [7, 11) is 0. The first-order valence-electron chi connectivity index (χ1n) is 10.00. The summed E-state index contributed by atoms with van der Waals surface area (Å²) in [6, 6.07) is 34.3. The fraction of sp³-hybridized carbons (Fsp3) is 0.0769. The van der Waals surface area contributed by atoms with E-state index in [1.165, 1.54) is 17.5 Å². The van der Waals surface area contributed by atoms with Gasteiger partial charge in [0, 0.05) is 0 Å². The molecule has 154 valence electrons. The third-order valence-corrected chi connectivity index (χ3v) is 7.94. The van der Waals surface area contributed by atoms with E-state index in [4.69, 9.17) is 0 Å². The van der Waals surface area contributed by atoms with E-state index in [1.807, 2.05) is 77.1 Å². The topological polar surface area (TPSA) is 33.2 Å². The Kier molecular flexibility index (Phi) is 7.56. The van der Waals surface area contributed by atoms with E-state index < -0.39 is 0 Å². The van der Waals surface area contributed by atoms with Crippen molar-refractivity contribution in [1.29, 1.82) is 0 Å². The zero-order valence-corrected chi connectivity index (χ0v) is 19.5. The van der Waals surface area contributed by atoms with Crippen LogP contribution in [0, 0.1) is 0 Å². The molecule has 0 saturated heterocycles. The number of pyridine rings is 1. The second-order valence-electron chi connectivity index (χ2n) is 6.86. The molecule has 0 aliphatic carbocycles. The Bertz CT molecular complexity index is 1070. The second kappa shape index (κ2) is 11.0. The third-order valence-electron chi connectivity index (χ3n) is 4.59. The molecule has 0 atom stereocenters. The summed E-state index contributed by atoms with van der Waals surface area (Å²) in [6.45, 7) is 0.515. The summed E-state index contributed by atoms with van der Waals surface area (Å²) < 4.78 is 2.94. The van der Waals surface area contributed by atoms with E-state index in [1.54, 1.807) is 6.20 Å². The number of hydrogen-bond acceptors (Lipinski definition) is 3. The Labute approximate surface area is 193 Å². The van der Waals surface area contributed by atoms with Gasteiger partial charge in [0.1, 0.15) is 0 Å². The number of benzene rings is 3. The maximum absolute atomic E-state index is 13.7. The Morgan fingerprint density at radius 1 is 0.774 bits per heavy atom. The van der Waals surface area contributed by atoms with E-state index in [0.717, 1.165) is 25.9 Å². The van der Waals surface area contributed by atoms with Crippen molar-refractivity contribution in [3.05, 3.63) is 126 Å². The minimum absolute atomic E-state index is 0.0186. The molecule has 0 fully saturated rings. The molecule has 0 bridgehead atoms. The van der Waals surface area contributed by atoms with E-state index in [0.29, 0.717) is 6.54 Å². The van der Waals surface area contributed by atoms with Gasteiger partial charge in [-0.2, -0.15) is 0 Å². The first-order valence-corrected chi connectivity index (χ1v) is 12.8. The Morgan fingerprint density at radius 3 is 2.13 bits per heavy atom. The standard InChI is InChI=1S/C26H22N2OSSe/c29-26(23-15-7-8-16-24(23)31-20-22-13-5-2-6-14-22)28(19-21-11-3-1-4-12-21)30-25-17-9-10-18-27-25/h1-18H,19-20H2. The van der Waals surface area contributed by atoms with Gasteiger partial charge in [-0.3, -0.25) is 0 Å². The van der Waals surface area contributed by atoms with Crippen molar-refractivity contribution in [2.75, 3.05) is 0 Å². The van der Waals surface area contributed by atoms with Gasteiger partial charge in [0.25, 0.3) is 0 Å². The monoisotopic (exact) mass is 490 g/mol. The summed E-state index contributed by atoms with van der Waals surface area (Å²) >= 11 is 1.56. The van der Waals surface area contributed by atoms with Gasteiger partial charge in [-0.05, 0) is 0 Å². The molecular weight excluding hydrogens is 467 g/mol. The number of rotatable bonds is 8. The first-order chi connectivity index (χ1) is 15.3. The summed E-state index contributed by atoms with van der Waals surface area (Å²) in [6.07, 6.45) is 1.75. The Morgan fingerprint density at radius 2 is 1.42 bits per heavy atom. The van der Waals surface area contributed by atoms with E-state index in [2.05, 4.69) is 35.3 Å². The fourth-order valence-electron chi connectivity index (χ4n) is 3.05. The van der Waals surface area contributed by atoms with Crippen LogP contribution >= 0.6 is 11.9 Å².